The predicted molar refractivity (Wildman–Crippen MR) is 110 cm³/mol. The van der Waals surface area contributed by atoms with Gasteiger partial charge in [-0.05, 0) is 30.5 Å². The fraction of sp³-hybridized carbons (Fsp3) is 0.500. The normalized spacial score (nSPS) is 16.4. The molecule has 1 aliphatic rings. The maximum atomic E-state index is 5.28. The van der Waals surface area contributed by atoms with Crippen molar-refractivity contribution >= 4 is 40.8 Å². The van der Waals surface area contributed by atoms with Crippen molar-refractivity contribution in [1.29, 1.82) is 0 Å². The molecule has 0 saturated carbocycles. The number of rotatable bonds is 5. The summed E-state index contributed by atoms with van der Waals surface area (Å²) in [7, 11) is 1.81. The number of nitrogens with zero attached hydrogens (tertiary/aromatic N) is 1. The Balaban J connectivity index is 0.00000208. The Morgan fingerprint density at radius 3 is 2.79 bits per heavy atom. The molecular formula is C18H27IN4O. The van der Waals surface area contributed by atoms with Crippen LogP contribution in [-0.4, -0.2) is 44.3 Å². The molecule has 0 aliphatic carbocycles. The summed E-state index contributed by atoms with van der Waals surface area (Å²) in [5.41, 5.74) is 4.12. The summed E-state index contributed by atoms with van der Waals surface area (Å²) in [6.07, 6.45) is 3.08. The van der Waals surface area contributed by atoms with Gasteiger partial charge in [0.2, 0.25) is 0 Å². The Labute approximate surface area is 160 Å². The van der Waals surface area contributed by atoms with Crippen molar-refractivity contribution in [3.8, 4) is 0 Å². The molecule has 2 aromatic rings. The molecule has 0 bridgehead atoms. The van der Waals surface area contributed by atoms with Crippen molar-refractivity contribution in [2.45, 2.75) is 20.3 Å². The Hall–Kier alpha value is -1.28. The molecule has 5 nitrogen and oxygen atoms in total. The van der Waals surface area contributed by atoms with Crippen LogP contribution in [0, 0.1) is 12.3 Å². The zero-order valence-corrected chi connectivity index (χ0v) is 16.9. The van der Waals surface area contributed by atoms with Gasteiger partial charge in [0, 0.05) is 42.7 Å². The highest BCUT2D eigenvalue weighted by atomic mass is 127. The van der Waals surface area contributed by atoms with E-state index in [1.807, 2.05) is 7.05 Å². The molecular weight excluding hydrogens is 415 g/mol. The average molecular weight is 442 g/mol. The van der Waals surface area contributed by atoms with E-state index in [1.165, 1.54) is 22.0 Å². The van der Waals surface area contributed by atoms with Crippen LogP contribution in [0.15, 0.2) is 29.4 Å². The highest BCUT2D eigenvalue weighted by molar-refractivity contribution is 14.0. The first-order valence-electron chi connectivity index (χ1n) is 8.19. The van der Waals surface area contributed by atoms with Crippen molar-refractivity contribution in [3.05, 3.63) is 35.5 Å². The highest BCUT2D eigenvalue weighted by Gasteiger charge is 2.33. The van der Waals surface area contributed by atoms with Crippen LogP contribution in [0.2, 0.25) is 0 Å². The van der Waals surface area contributed by atoms with Gasteiger partial charge in [-0.25, -0.2) is 0 Å². The number of guanidine groups is 1. The summed E-state index contributed by atoms with van der Waals surface area (Å²) in [6.45, 7) is 7.78. The second-order valence-corrected chi connectivity index (χ2v) is 6.72. The molecule has 0 spiro atoms. The summed E-state index contributed by atoms with van der Waals surface area (Å²) >= 11 is 0. The summed E-state index contributed by atoms with van der Waals surface area (Å²) in [5.74, 6) is 0.856. The third kappa shape index (κ3) is 4.22. The second-order valence-electron chi connectivity index (χ2n) is 6.72. The molecule has 1 aliphatic heterocycles. The molecule has 24 heavy (non-hydrogen) atoms. The number of hydrogen-bond acceptors (Lipinski definition) is 2. The van der Waals surface area contributed by atoms with Gasteiger partial charge in [-0.2, -0.15) is 0 Å². The van der Waals surface area contributed by atoms with E-state index in [0.717, 1.165) is 38.7 Å². The molecule has 0 unspecified atom stereocenters. The van der Waals surface area contributed by atoms with E-state index in [9.17, 15) is 0 Å². The summed E-state index contributed by atoms with van der Waals surface area (Å²) in [6, 6.07) is 6.38. The largest absolute Gasteiger partial charge is 0.380 e. The summed E-state index contributed by atoms with van der Waals surface area (Å²) in [4.78, 5) is 7.65. The van der Waals surface area contributed by atoms with E-state index in [1.54, 1.807) is 0 Å². The van der Waals surface area contributed by atoms with Crippen molar-refractivity contribution in [1.82, 2.24) is 15.6 Å². The van der Waals surface area contributed by atoms with E-state index in [4.69, 9.17) is 4.74 Å². The number of aliphatic imine (C=N–C) groups is 1. The monoisotopic (exact) mass is 442 g/mol. The number of fused-ring (bicyclic) bond motifs is 1. The molecule has 0 atom stereocenters. The van der Waals surface area contributed by atoms with Gasteiger partial charge in [0.25, 0.3) is 0 Å². The summed E-state index contributed by atoms with van der Waals surface area (Å²) < 4.78 is 5.28. The lowest BCUT2D eigenvalue weighted by molar-refractivity contribution is -0.0971. The summed E-state index contributed by atoms with van der Waals surface area (Å²) in [5, 5.41) is 8.13. The molecule has 0 radical (unpaired) electrons. The molecule has 3 N–H and O–H groups in total. The van der Waals surface area contributed by atoms with E-state index in [2.05, 4.69) is 58.9 Å². The van der Waals surface area contributed by atoms with E-state index in [0.29, 0.717) is 0 Å². The number of aromatic nitrogens is 1. The number of benzene rings is 1. The predicted octanol–water partition coefficient (Wildman–Crippen LogP) is 2.84. The lowest BCUT2D eigenvalue weighted by Crippen LogP contribution is -2.51. The molecule has 132 valence electrons. The van der Waals surface area contributed by atoms with Gasteiger partial charge in [-0.15, -0.1) is 24.0 Å². The van der Waals surface area contributed by atoms with Crippen LogP contribution >= 0.6 is 24.0 Å². The van der Waals surface area contributed by atoms with Crippen LogP contribution in [0.25, 0.3) is 10.9 Å². The number of nitrogens with one attached hydrogen (secondary N) is 3. The van der Waals surface area contributed by atoms with Crippen molar-refractivity contribution in [2.75, 3.05) is 33.4 Å². The van der Waals surface area contributed by atoms with Gasteiger partial charge >= 0.3 is 0 Å². The fourth-order valence-electron chi connectivity index (χ4n) is 3.03. The van der Waals surface area contributed by atoms with Crippen LogP contribution in [0.5, 0.6) is 0 Å². The molecule has 1 aromatic heterocycles. The lowest BCUT2D eigenvalue weighted by Gasteiger charge is -2.38. The SMILES string of the molecule is CN=C(NCCc1c[nH]c2cccc(C)c12)NCC1(C)COC1.I. The van der Waals surface area contributed by atoms with Gasteiger partial charge < -0.3 is 20.4 Å². The third-order valence-corrected chi connectivity index (χ3v) is 4.49. The zero-order valence-electron chi connectivity index (χ0n) is 14.6. The van der Waals surface area contributed by atoms with Gasteiger partial charge in [-0.1, -0.05) is 19.1 Å². The van der Waals surface area contributed by atoms with Gasteiger partial charge in [-0.3, -0.25) is 4.99 Å². The molecule has 3 rings (SSSR count). The van der Waals surface area contributed by atoms with Gasteiger partial charge in [0.05, 0.1) is 13.2 Å². The number of aryl methyl sites for hydroxylation is 1. The second kappa shape index (κ2) is 8.20. The van der Waals surface area contributed by atoms with Crippen LogP contribution in [-0.2, 0) is 11.2 Å². The Morgan fingerprint density at radius 2 is 2.12 bits per heavy atom. The first-order valence-corrected chi connectivity index (χ1v) is 8.19. The standard InChI is InChI=1S/C18H26N4O.HI/c1-13-5-4-6-15-16(13)14(9-21-15)7-8-20-17(19-3)22-10-18(2)11-23-12-18;/h4-6,9,21H,7-8,10-12H2,1-3H3,(H2,19,20,22);1H. The Bertz CT molecular complexity index is 706. The van der Waals surface area contributed by atoms with Crippen molar-refractivity contribution in [2.24, 2.45) is 10.4 Å². The Morgan fingerprint density at radius 1 is 1.33 bits per heavy atom. The van der Waals surface area contributed by atoms with Gasteiger partial charge in [0.15, 0.2) is 5.96 Å². The molecule has 2 heterocycles. The molecule has 1 fully saturated rings. The van der Waals surface area contributed by atoms with Gasteiger partial charge in [0.1, 0.15) is 0 Å². The number of H-pyrrole nitrogens is 1. The average Bonchev–Trinajstić information content (AvgIpc) is 2.93. The minimum Gasteiger partial charge on any atom is -0.380 e. The first-order chi connectivity index (χ1) is 11.1. The quantitative estimate of drug-likeness (QED) is 0.379. The van der Waals surface area contributed by atoms with Crippen LogP contribution in [0.3, 0.4) is 0 Å². The number of ether oxygens (including phenoxy) is 1. The minimum absolute atomic E-state index is 0. The fourth-order valence-corrected chi connectivity index (χ4v) is 3.03. The van der Waals surface area contributed by atoms with Crippen molar-refractivity contribution < 1.29 is 4.74 Å². The third-order valence-electron chi connectivity index (χ3n) is 4.49. The number of halogens is 1. The molecule has 0 amide bonds. The topological polar surface area (TPSA) is 61.4 Å². The first kappa shape index (κ1) is 19.1. The van der Waals surface area contributed by atoms with E-state index >= 15 is 0 Å². The van der Waals surface area contributed by atoms with Crippen LogP contribution in [0.1, 0.15) is 18.1 Å². The maximum Gasteiger partial charge on any atom is 0.191 e. The Kier molecular flexibility index (Phi) is 6.51. The highest BCUT2D eigenvalue weighted by Crippen LogP contribution is 2.25. The maximum absolute atomic E-state index is 5.28. The van der Waals surface area contributed by atoms with E-state index < -0.39 is 0 Å². The zero-order chi connectivity index (χ0) is 16.3. The molecule has 1 saturated heterocycles. The number of hydrogen-bond donors (Lipinski definition) is 3. The van der Waals surface area contributed by atoms with Crippen LogP contribution in [0.4, 0.5) is 0 Å². The molecule has 1 aromatic carbocycles. The van der Waals surface area contributed by atoms with Crippen LogP contribution < -0.4 is 10.6 Å². The van der Waals surface area contributed by atoms with Crippen molar-refractivity contribution in [3.63, 3.8) is 0 Å². The number of aromatic amines is 1. The lowest BCUT2D eigenvalue weighted by atomic mass is 9.89. The molecule has 6 heteroatoms. The smallest absolute Gasteiger partial charge is 0.191 e. The minimum atomic E-state index is 0. The van der Waals surface area contributed by atoms with E-state index in [-0.39, 0.29) is 29.4 Å².